The van der Waals surface area contributed by atoms with Crippen molar-refractivity contribution >= 4 is 0 Å². The van der Waals surface area contributed by atoms with Crippen molar-refractivity contribution in [1.82, 2.24) is 0 Å². The Bertz CT molecular complexity index is 508. The highest BCUT2D eigenvalue weighted by molar-refractivity contribution is 5.13. The Balaban J connectivity index is 2.15. The van der Waals surface area contributed by atoms with Gasteiger partial charge in [-0.25, -0.2) is 0 Å². The summed E-state index contributed by atoms with van der Waals surface area (Å²) in [5.41, 5.74) is 9.62. The number of methoxy groups -OCH3 is 1. The molecule has 1 heterocycles. The third-order valence-electron chi connectivity index (χ3n) is 3.52. The van der Waals surface area contributed by atoms with Crippen LogP contribution in [0.2, 0.25) is 0 Å². The lowest BCUT2D eigenvalue weighted by Gasteiger charge is -2.41. The van der Waals surface area contributed by atoms with Crippen LogP contribution >= 0.6 is 0 Å². The highest BCUT2D eigenvalue weighted by Crippen LogP contribution is 2.27. The summed E-state index contributed by atoms with van der Waals surface area (Å²) in [5.74, 6) is 0. The van der Waals surface area contributed by atoms with Crippen LogP contribution in [0.25, 0.3) is 10.4 Å². The van der Waals surface area contributed by atoms with Gasteiger partial charge in [-0.1, -0.05) is 35.4 Å². The largest absolute Gasteiger partial charge is 0.394 e. The molecule has 1 aromatic rings. The molecule has 0 aliphatic carbocycles. The van der Waals surface area contributed by atoms with Crippen LogP contribution in [0.4, 0.5) is 0 Å². The first-order chi connectivity index (χ1) is 10.7. The molecular formula is C14H19N3O5. The Morgan fingerprint density at radius 2 is 2.09 bits per heavy atom. The quantitative estimate of drug-likeness (QED) is 0.461. The zero-order chi connectivity index (χ0) is 15.9. The van der Waals surface area contributed by atoms with Crippen LogP contribution in [0.15, 0.2) is 35.4 Å². The number of ether oxygens (including phenoxy) is 3. The Kier molecular flexibility index (Phi) is 6.14. The van der Waals surface area contributed by atoms with Gasteiger partial charge in [0.1, 0.15) is 18.2 Å². The van der Waals surface area contributed by atoms with E-state index in [4.69, 9.17) is 19.7 Å². The van der Waals surface area contributed by atoms with E-state index in [9.17, 15) is 10.2 Å². The van der Waals surface area contributed by atoms with Gasteiger partial charge in [-0.15, -0.1) is 0 Å². The van der Waals surface area contributed by atoms with E-state index >= 15 is 0 Å². The molecule has 5 atom stereocenters. The van der Waals surface area contributed by atoms with Crippen molar-refractivity contribution < 1.29 is 24.4 Å². The highest BCUT2D eigenvalue weighted by Gasteiger charge is 2.45. The Labute approximate surface area is 127 Å². The van der Waals surface area contributed by atoms with E-state index in [2.05, 4.69) is 10.0 Å². The van der Waals surface area contributed by atoms with Crippen LogP contribution in [-0.4, -0.2) is 54.6 Å². The number of nitrogens with zero attached hydrogens (tertiary/aromatic N) is 3. The number of benzene rings is 1. The number of hydrogen-bond donors (Lipinski definition) is 2. The van der Waals surface area contributed by atoms with Crippen LogP contribution < -0.4 is 0 Å². The molecule has 8 nitrogen and oxygen atoms in total. The number of aliphatic hydroxyl groups excluding tert-OH is 2. The van der Waals surface area contributed by atoms with Crippen LogP contribution in [-0.2, 0) is 20.8 Å². The molecule has 0 spiro atoms. The molecule has 1 aliphatic rings. The number of aliphatic hydroxyl groups is 2. The number of rotatable bonds is 6. The van der Waals surface area contributed by atoms with Gasteiger partial charge in [0.25, 0.3) is 0 Å². The molecule has 22 heavy (non-hydrogen) atoms. The van der Waals surface area contributed by atoms with Gasteiger partial charge in [0.2, 0.25) is 0 Å². The van der Waals surface area contributed by atoms with Gasteiger partial charge in [-0.05, 0) is 11.1 Å². The first-order valence-corrected chi connectivity index (χ1v) is 6.88. The van der Waals surface area contributed by atoms with Crippen LogP contribution in [0, 0.1) is 0 Å². The maximum absolute atomic E-state index is 10.3. The predicted octanol–water partition coefficient (Wildman–Crippen LogP) is 0.975. The smallest absolute Gasteiger partial charge is 0.168 e. The van der Waals surface area contributed by atoms with Crippen molar-refractivity contribution in [1.29, 1.82) is 0 Å². The zero-order valence-electron chi connectivity index (χ0n) is 12.1. The molecule has 0 bridgehead atoms. The minimum absolute atomic E-state index is 0.231. The molecule has 8 heteroatoms. The molecule has 0 amide bonds. The molecule has 120 valence electrons. The van der Waals surface area contributed by atoms with Gasteiger partial charge in [0, 0.05) is 12.0 Å². The van der Waals surface area contributed by atoms with Crippen LogP contribution in [0.1, 0.15) is 5.56 Å². The molecule has 1 saturated heterocycles. The molecule has 0 radical (unpaired) electrons. The van der Waals surface area contributed by atoms with Crippen molar-refractivity contribution in [2.24, 2.45) is 5.11 Å². The van der Waals surface area contributed by atoms with E-state index in [1.54, 1.807) is 0 Å². The summed E-state index contributed by atoms with van der Waals surface area (Å²) in [6.45, 7) is -0.163. The standard InChI is InChI=1S/C14H19N3O5/c1-20-14-11(16-17-15)13(12(19)10(7-18)22-14)21-8-9-5-3-2-4-6-9/h2-6,10-14,18-19H,7-8H2,1H3/t10?,11?,12-,13?,14+/m1/s1. The lowest BCUT2D eigenvalue weighted by atomic mass is 9.97. The molecule has 1 fully saturated rings. The van der Waals surface area contributed by atoms with E-state index < -0.39 is 37.3 Å². The van der Waals surface area contributed by atoms with Crippen molar-refractivity contribution in [3.05, 3.63) is 46.3 Å². The second-order valence-electron chi connectivity index (χ2n) is 4.91. The molecule has 1 aromatic carbocycles. The summed E-state index contributed by atoms with van der Waals surface area (Å²) in [7, 11) is 1.39. The summed E-state index contributed by atoms with van der Waals surface area (Å²) in [5, 5.41) is 23.2. The van der Waals surface area contributed by atoms with Crippen molar-refractivity contribution in [2.45, 2.75) is 37.3 Å². The highest BCUT2D eigenvalue weighted by atomic mass is 16.7. The fourth-order valence-corrected chi connectivity index (χ4v) is 2.39. The Morgan fingerprint density at radius 1 is 1.36 bits per heavy atom. The molecule has 1 aliphatic heterocycles. The van der Waals surface area contributed by atoms with E-state index in [1.807, 2.05) is 30.3 Å². The minimum atomic E-state index is -1.13. The molecule has 0 aromatic heterocycles. The number of azide groups is 1. The second-order valence-corrected chi connectivity index (χ2v) is 4.91. The lowest BCUT2D eigenvalue weighted by molar-refractivity contribution is -0.266. The van der Waals surface area contributed by atoms with Gasteiger partial charge in [0.15, 0.2) is 6.29 Å². The summed E-state index contributed by atoms with van der Waals surface area (Å²) in [6, 6.07) is 8.54. The topological polar surface area (TPSA) is 117 Å². The fraction of sp³-hybridized carbons (Fsp3) is 0.571. The maximum Gasteiger partial charge on any atom is 0.168 e. The lowest BCUT2D eigenvalue weighted by Crippen LogP contribution is -2.59. The van der Waals surface area contributed by atoms with E-state index in [-0.39, 0.29) is 6.61 Å². The summed E-state index contributed by atoms with van der Waals surface area (Å²) < 4.78 is 16.2. The summed E-state index contributed by atoms with van der Waals surface area (Å²) in [4.78, 5) is 2.76. The average Bonchev–Trinajstić information content (AvgIpc) is 2.56. The second kappa shape index (κ2) is 8.09. The predicted molar refractivity (Wildman–Crippen MR) is 76.7 cm³/mol. The first-order valence-electron chi connectivity index (χ1n) is 6.88. The van der Waals surface area contributed by atoms with Gasteiger partial charge in [0.05, 0.1) is 19.3 Å². The van der Waals surface area contributed by atoms with Gasteiger partial charge < -0.3 is 24.4 Å². The number of hydrogen-bond acceptors (Lipinski definition) is 6. The van der Waals surface area contributed by atoms with Crippen molar-refractivity contribution in [3.8, 4) is 0 Å². The minimum Gasteiger partial charge on any atom is -0.394 e. The van der Waals surface area contributed by atoms with Gasteiger partial charge in [-0.3, -0.25) is 0 Å². The first kappa shape index (κ1) is 16.7. The molecule has 3 unspecified atom stereocenters. The van der Waals surface area contributed by atoms with E-state index in [1.165, 1.54) is 7.11 Å². The monoisotopic (exact) mass is 309 g/mol. The molecular weight excluding hydrogens is 290 g/mol. The third kappa shape index (κ3) is 3.75. The summed E-state index contributed by atoms with van der Waals surface area (Å²) >= 11 is 0. The average molecular weight is 309 g/mol. The molecule has 2 N–H and O–H groups in total. The Hall–Kier alpha value is -1.67. The van der Waals surface area contributed by atoms with E-state index in [0.717, 1.165) is 5.56 Å². The van der Waals surface area contributed by atoms with Crippen molar-refractivity contribution in [2.75, 3.05) is 13.7 Å². The van der Waals surface area contributed by atoms with Crippen LogP contribution in [0.3, 0.4) is 0 Å². The SMILES string of the molecule is CO[C@H]1OC(CO)[C@@H](O)C(OCc2ccccc2)C1N=[N+]=[N-]. The van der Waals surface area contributed by atoms with Gasteiger partial charge >= 0.3 is 0 Å². The third-order valence-corrected chi connectivity index (χ3v) is 3.52. The fourth-order valence-electron chi connectivity index (χ4n) is 2.39. The van der Waals surface area contributed by atoms with E-state index in [0.29, 0.717) is 0 Å². The normalized spacial score (nSPS) is 31.5. The zero-order valence-corrected chi connectivity index (χ0v) is 12.1. The van der Waals surface area contributed by atoms with Crippen molar-refractivity contribution in [3.63, 3.8) is 0 Å². The maximum atomic E-state index is 10.3. The molecule has 0 saturated carbocycles. The van der Waals surface area contributed by atoms with Crippen LogP contribution in [0.5, 0.6) is 0 Å². The molecule has 2 rings (SSSR count). The van der Waals surface area contributed by atoms with Gasteiger partial charge in [-0.2, -0.15) is 0 Å². The summed E-state index contributed by atoms with van der Waals surface area (Å²) in [6.07, 6.45) is -3.73. The Morgan fingerprint density at radius 3 is 2.68 bits per heavy atom.